The molecule has 5 N–H and O–H groups in total. The second-order valence-electron chi connectivity index (χ2n) is 10.1. The van der Waals surface area contributed by atoms with E-state index in [1.165, 1.54) is 12.1 Å². The van der Waals surface area contributed by atoms with Gasteiger partial charge < -0.3 is 40.6 Å². The van der Waals surface area contributed by atoms with E-state index in [4.69, 9.17) is 9.47 Å². The van der Waals surface area contributed by atoms with Crippen molar-refractivity contribution in [2.45, 2.75) is 26.3 Å². The summed E-state index contributed by atoms with van der Waals surface area (Å²) in [5.74, 6) is -0.697. The highest BCUT2D eigenvalue weighted by molar-refractivity contribution is 5.94. The number of nitrogens with one attached hydrogen (secondary N) is 4. The van der Waals surface area contributed by atoms with Crippen LogP contribution in [0.1, 0.15) is 35.7 Å². The Kier molecular flexibility index (Phi) is 12.7. The van der Waals surface area contributed by atoms with Crippen LogP contribution in [0, 0.1) is 11.6 Å². The minimum atomic E-state index is -0.609. The van der Waals surface area contributed by atoms with Gasteiger partial charge in [0.15, 0.2) is 0 Å². The van der Waals surface area contributed by atoms with Gasteiger partial charge in [-0.1, -0.05) is 0 Å². The van der Waals surface area contributed by atoms with Crippen LogP contribution in [-0.4, -0.2) is 64.7 Å². The zero-order chi connectivity index (χ0) is 32.7. The van der Waals surface area contributed by atoms with Gasteiger partial charge in [0.1, 0.15) is 23.2 Å². The van der Waals surface area contributed by atoms with Crippen molar-refractivity contribution in [2.75, 3.05) is 48.9 Å². The van der Waals surface area contributed by atoms with E-state index in [0.29, 0.717) is 62.8 Å². The molecule has 0 saturated heterocycles. The van der Waals surface area contributed by atoms with Crippen molar-refractivity contribution in [3.8, 4) is 5.75 Å². The number of aromatic hydroxyl groups is 1. The summed E-state index contributed by atoms with van der Waals surface area (Å²) in [7, 11) is 0. The molecular weight excluding hydrogens is 600 g/mol. The standard InChI is InChI=1S/C32H35F2N7O5/c1-21(42)3-2-15-45-17-18-46-16-14-35-30-39-31(41-32(40-30)38-26-9-11-27(43)12-10-26)37-25-7-4-22(5-8-25)29(44)36-20-23-19-24(33)6-13-28(23)34/h4-13,19,43H,2-3,14-18,20H2,1H3,(H,36,44)(H3,35,37,38,39,40,41). The van der Waals surface area contributed by atoms with Crippen LogP contribution < -0.4 is 21.3 Å². The van der Waals surface area contributed by atoms with Gasteiger partial charge in [-0.2, -0.15) is 15.0 Å². The summed E-state index contributed by atoms with van der Waals surface area (Å²) in [5, 5.41) is 21.4. The predicted octanol–water partition coefficient (Wildman–Crippen LogP) is 5.09. The van der Waals surface area contributed by atoms with E-state index in [2.05, 4.69) is 36.2 Å². The molecule has 0 aliphatic carbocycles. The Bertz CT molecular complexity index is 1590. The van der Waals surface area contributed by atoms with Crippen LogP contribution in [0.2, 0.25) is 0 Å². The second kappa shape index (κ2) is 17.3. The van der Waals surface area contributed by atoms with Crippen LogP contribution in [0.3, 0.4) is 0 Å². The Morgan fingerprint density at radius 3 is 2.04 bits per heavy atom. The number of halogens is 2. The maximum absolute atomic E-state index is 13.9. The smallest absolute Gasteiger partial charge is 0.251 e. The number of anilines is 5. The van der Waals surface area contributed by atoms with Crippen molar-refractivity contribution in [1.29, 1.82) is 0 Å². The number of carbonyl (C=O) groups excluding carboxylic acids is 2. The number of benzene rings is 3. The highest BCUT2D eigenvalue weighted by Crippen LogP contribution is 2.21. The fourth-order valence-corrected chi connectivity index (χ4v) is 4.01. The summed E-state index contributed by atoms with van der Waals surface area (Å²) < 4.78 is 38.3. The molecule has 0 radical (unpaired) electrons. The van der Waals surface area contributed by atoms with Crippen molar-refractivity contribution >= 4 is 40.9 Å². The van der Waals surface area contributed by atoms with E-state index in [0.717, 1.165) is 18.2 Å². The minimum Gasteiger partial charge on any atom is -0.508 e. The molecule has 1 aromatic heterocycles. The molecule has 242 valence electrons. The molecule has 46 heavy (non-hydrogen) atoms. The highest BCUT2D eigenvalue weighted by Gasteiger charge is 2.11. The Balaban J connectivity index is 1.34. The van der Waals surface area contributed by atoms with Crippen molar-refractivity contribution in [3.05, 3.63) is 89.5 Å². The number of hydrogen-bond acceptors (Lipinski definition) is 11. The fourth-order valence-electron chi connectivity index (χ4n) is 4.01. The maximum Gasteiger partial charge on any atom is 0.251 e. The van der Waals surface area contributed by atoms with Gasteiger partial charge in [0.05, 0.1) is 19.8 Å². The lowest BCUT2D eigenvalue weighted by Gasteiger charge is -2.12. The van der Waals surface area contributed by atoms with Gasteiger partial charge in [0.25, 0.3) is 5.91 Å². The number of nitrogens with zero attached hydrogens (tertiary/aromatic N) is 3. The summed E-state index contributed by atoms with van der Waals surface area (Å²) in [6, 6.07) is 15.9. The quantitative estimate of drug-likeness (QED) is 0.0732. The number of hydrogen-bond donors (Lipinski definition) is 5. The molecular formula is C32H35F2N7O5. The molecule has 0 bridgehead atoms. The summed E-state index contributed by atoms with van der Waals surface area (Å²) in [6.45, 7) is 3.48. The van der Waals surface area contributed by atoms with E-state index in [9.17, 15) is 23.5 Å². The number of rotatable bonds is 18. The van der Waals surface area contributed by atoms with Crippen LogP contribution in [0.25, 0.3) is 0 Å². The lowest BCUT2D eigenvalue weighted by atomic mass is 10.1. The number of aromatic nitrogens is 3. The second-order valence-corrected chi connectivity index (χ2v) is 10.1. The minimum absolute atomic E-state index is 0.0423. The fraction of sp³-hybridized carbons (Fsp3) is 0.281. The van der Waals surface area contributed by atoms with E-state index in [-0.39, 0.29) is 41.5 Å². The first-order valence-corrected chi connectivity index (χ1v) is 14.6. The van der Waals surface area contributed by atoms with Crippen LogP contribution in [-0.2, 0) is 20.8 Å². The third-order valence-electron chi connectivity index (χ3n) is 6.33. The average molecular weight is 636 g/mol. The van der Waals surface area contributed by atoms with Crippen molar-refractivity contribution < 1.29 is 33.0 Å². The van der Waals surface area contributed by atoms with E-state index >= 15 is 0 Å². The third-order valence-corrected chi connectivity index (χ3v) is 6.33. The summed E-state index contributed by atoms with van der Waals surface area (Å²) in [5.41, 5.74) is 1.57. The van der Waals surface area contributed by atoms with Crippen LogP contribution in [0.5, 0.6) is 5.75 Å². The molecule has 12 nitrogen and oxygen atoms in total. The Hall–Kier alpha value is -5.21. The number of ketones is 1. The molecule has 1 amide bonds. The largest absolute Gasteiger partial charge is 0.508 e. The average Bonchev–Trinajstić information content (AvgIpc) is 3.03. The molecule has 14 heteroatoms. The highest BCUT2D eigenvalue weighted by atomic mass is 19.1. The van der Waals surface area contributed by atoms with Gasteiger partial charge >= 0.3 is 0 Å². The van der Waals surface area contributed by atoms with Gasteiger partial charge in [-0.05, 0) is 80.1 Å². The molecule has 4 aromatic rings. The molecule has 0 spiro atoms. The zero-order valence-electron chi connectivity index (χ0n) is 25.2. The summed E-state index contributed by atoms with van der Waals surface area (Å²) >= 11 is 0. The van der Waals surface area contributed by atoms with Gasteiger partial charge in [0, 0.05) is 48.6 Å². The molecule has 0 atom stereocenters. The number of ether oxygens (including phenoxy) is 2. The van der Waals surface area contributed by atoms with Crippen molar-refractivity contribution in [2.24, 2.45) is 0 Å². The molecule has 0 aliphatic rings. The normalized spacial score (nSPS) is 10.8. The van der Waals surface area contributed by atoms with Gasteiger partial charge in [-0.15, -0.1) is 0 Å². The third kappa shape index (κ3) is 11.4. The number of carbonyl (C=O) groups is 2. The number of amides is 1. The van der Waals surface area contributed by atoms with E-state index < -0.39 is 17.5 Å². The Morgan fingerprint density at radius 2 is 1.39 bits per heavy atom. The number of phenols is 1. The van der Waals surface area contributed by atoms with Crippen LogP contribution in [0.4, 0.5) is 38.0 Å². The van der Waals surface area contributed by atoms with Crippen molar-refractivity contribution in [3.63, 3.8) is 0 Å². The van der Waals surface area contributed by atoms with Crippen molar-refractivity contribution in [1.82, 2.24) is 20.3 Å². The van der Waals surface area contributed by atoms with E-state index in [1.54, 1.807) is 43.3 Å². The molecule has 0 saturated carbocycles. The molecule has 0 unspecified atom stereocenters. The maximum atomic E-state index is 13.9. The first-order valence-electron chi connectivity index (χ1n) is 14.6. The topological polar surface area (TPSA) is 160 Å². The SMILES string of the molecule is CC(=O)CCCOCCOCCNc1nc(Nc2ccc(O)cc2)nc(Nc2ccc(C(=O)NCc3cc(F)ccc3F)cc2)n1. The number of phenolic OH excluding ortho intramolecular Hbond substituents is 1. The molecule has 0 fully saturated rings. The van der Waals surface area contributed by atoms with Crippen LogP contribution in [0.15, 0.2) is 66.7 Å². The predicted molar refractivity (Wildman–Crippen MR) is 169 cm³/mol. The summed E-state index contributed by atoms with van der Waals surface area (Å²) in [4.78, 5) is 36.8. The first-order chi connectivity index (χ1) is 22.2. The Labute approximate surface area is 264 Å². The number of Topliss-reactive ketones (excluding diaryl/α,β-unsaturated/α-hetero) is 1. The monoisotopic (exact) mass is 635 g/mol. The van der Waals surface area contributed by atoms with Gasteiger partial charge in [0.2, 0.25) is 17.8 Å². The van der Waals surface area contributed by atoms with Gasteiger partial charge in [-0.3, -0.25) is 4.79 Å². The lowest BCUT2D eigenvalue weighted by molar-refractivity contribution is -0.117. The van der Waals surface area contributed by atoms with Gasteiger partial charge in [-0.25, -0.2) is 8.78 Å². The first kappa shape index (κ1) is 33.7. The molecule has 0 aliphatic heterocycles. The molecule has 3 aromatic carbocycles. The van der Waals surface area contributed by atoms with Crippen LogP contribution >= 0.6 is 0 Å². The van der Waals surface area contributed by atoms with E-state index in [1.807, 2.05) is 0 Å². The zero-order valence-corrected chi connectivity index (χ0v) is 25.2. The Morgan fingerprint density at radius 1 is 0.783 bits per heavy atom. The molecule has 1 heterocycles. The molecule has 4 rings (SSSR count). The lowest BCUT2D eigenvalue weighted by Crippen LogP contribution is -2.23. The summed E-state index contributed by atoms with van der Waals surface area (Å²) in [6.07, 6.45) is 1.19.